The second kappa shape index (κ2) is 9.20. The normalized spacial score (nSPS) is 14.7. The molecule has 7 heteroatoms. The van der Waals surface area contributed by atoms with Gasteiger partial charge in [-0.05, 0) is 49.9 Å². The van der Waals surface area contributed by atoms with Gasteiger partial charge in [-0.15, -0.1) is 0 Å². The Hall–Kier alpha value is -3.35. The minimum atomic E-state index is -0.214. The van der Waals surface area contributed by atoms with Crippen LogP contribution in [0.2, 0.25) is 0 Å². The van der Waals surface area contributed by atoms with Gasteiger partial charge in [-0.1, -0.05) is 30.3 Å². The van der Waals surface area contributed by atoms with Gasteiger partial charge in [0.05, 0.1) is 23.6 Å². The molecule has 1 aliphatic heterocycles. The number of para-hydroxylation sites is 2. The van der Waals surface area contributed by atoms with Crippen LogP contribution in [0.1, 0.15) is 35.2 Å². The largest absolute Gasteiger partial charge is 0.465 e. The highest BCUT2D eigenvalue weighted by molar-refractivity contribution is 5.95. The second-order valence-electron chi connectivity index (χ2n) is 8.00. The first-order valence-corrected chi connectivity index (χ1v) is 10.7. The van der Waals surface area contributed by atoms with Gasteiger partial charge in [0, 0.05) is 25.2 Å². The van der Waals surface area contributed by atoms with Gasteiger partial charge in [0.2, 0.25) is 0 Å². The average molecular weight is 421 g/mol. The second-order valence-corrected chi connectivity index (χ2v) is 8.00. The summed E-state index contributed by atoms with van der Waals surface area (Å²) in [4.78, 5) is 41.9. The van der Waals surface area contributed by atoms with Crippen molar-refractivity contribution < 1.29 is 14.3 Å². The number of fused-ring (bicyclic) bond motifs is 1. The Kier molecular flexibility index (Phi) is 6.21. The number of rotatable bonds is 6. The van der Waals surface area contributed by atoms with Crippen LogP contribution in [0, 0.1) is 12.8 Å². The first-order chi connectivity index (χ1) is 15.0. The third-order valence-corrected chi connectivity index (χ3v) is 5.94. The number of imidazole rings is 1. The number of carbonyl (C=O) groups is 2. The Balaban J connectivity index is 1.23. The summed E-state index contributed by atoms with van der Waals surface area (Å²) in [6.45, 7) is 3.80. The summed E-state index contributed by atoms with van der Waals surface area (Å²) >= 11 is 0. The topological polar surface area (TPSA) is 84.4 Å². The number of nitrogens with zero attached hydrogens (tertiary/aromatic N) is 2. The molecule has 1 saturated heterocycles. The minimum absolute atomic E-state index is 0.0223. The maximum atomic E-state index is 12.7. The van der Waals surface area contributed by atoms with Crippen LogP contribution in [0.4, 0.5) is 0 Å². The fraction of sp³-hybridized carbons (Fsp3) is 0.375. The summed E-state index contributed by atoms with van der Waals surface area (Å²) in [6.07, 6.45) is 1.79. The number of esters is 1. The monoisotopic (exact) mass is 421 g/mol. The van der Waals surface area contributed by atoms with Gasteiger partial charge in [0.25, 0.3) is 5.91 Å². The number of aryl methyl sites for hydroxylation is 2. The van der Waals surface area contributed by atoms with Crippen molar-refractivity contribution in [1.82, 2.24) is 14.5 Å². The van der Waals surface area contributed by atoms with E-state index in [9.17, 15) is 14.4 Å². The number of benzene rings is 2. The van der Waals surface area contributed by atoms with E-state index < -0.39 is 0 Å². The molecular formula is C24H27N3O4. The molecule has 1 fully saturated rings. The number of aromatic nitrogens is 2. The van der Waals surface area contributed by atoms with Crippen LogP contribution in [-0.4, -0.2) is 46.0 Å². The van der Waals surface area contributed by atoms with Crippen LogP contribution in [0.15, 0.2) is 53.3 Å². The van der Waals surface area contributed by atoms with Crippen molar-refractivity contribution in [3.05, 3.63) is 70.1 Å². The molecule has 0 bridgehead atoms. The highest BCUT2D eigenvalue weighted by Gasteiger charge is 2.29. The summed E-state index contributed by atoms with van der Waals surface area (Å²) in [5, 5.41) is 0. The van der Waals surface area contributed by atoms with Crippen LogP contribution >= 0.6 is 0 Å². The minimum Gasteiger partial charge on any atom is -0.465 e. The van der Waals surface area contributed by atoms with E-state index >= 15 is 0 Å². The quantitative estimate of drug-likeness (QED) is 0.490. The lowest BCUT2D eigenvalue weighted by Crippen LogP contribution is -2.41. The molecule has 0 unspecified atom stereocenters. The predicted molar refractivity (Wildman–Crippen MR) is 118 cm³/mol. The number of nitrogens with one attached hydrogen (secondary N) is 1. The maximum Gasteiger partial charge on any atom is 0.326 e. The number of carbonyl (C=O) groups excluding carboxylic acids is 2. The summed E-state index contributed by atoms with van der Waals surface area (Å²) in [5.74, 6) is -0.375. The molecule has 0 saturated carbocycles. The molecule has 1 aromatic heterocycles. The van der Waals surface area contributed by atoms with E-state index in [1.165, 1.54) is 0 Å². The van der Waals surface area contributed by atoms with E-state index in [2.05, 4.69) is 4.98 Å². The number of aromatic amines is 1. The van der Waals surface area contributed by atoms with Crippen LogP contribution in [-0.2, 0) is 16.1 Å². The van der Waals surface area contributed by atoms with Crippen molar-refractivity contribution in [2.24, 2.45) is 5.92 Å². The van der Waals surface area contributed by atoms with Gasteiger partial charge in [-0.3, -0.25) is 14.2 Å². The van der Waals surface area contributed by atoms with E-state index in [0.717, 1.165) is 22.2 Å². The molecule has 0 aliphatic carbocycles. The number of piperidine rings is 1. The molecule has 2 aromatic carbocycles. The van der Waals surface area contributed by atoms with Crippen molar-refractivity contribution in [2.45, 2.75) is 32.7 Å². The van der Waals surface area contributed by atoms with E-state index in [-0.39, 0.29) is 30.1 Å². The van der Waals surface area contributed by atoms with E-state index in [1.54, 1.807) is 4.57 Å². The third kappa shape index (κ3) is 4.55. The summed E-state index contributed by atoms with van der Waals surface area (Å²) in [5.41, 5.74) is 3.18. The number of hydrogen-bond donors (Lipinski definition) is 1. The van der Waals surface area contributed by atoms with Crippen molar-refractivity contribution in [1.29, 1.82) is 0 Å². The molecular weight excluding hydrogens is 394 g/mol. The molecule has 1 amide bonds. The molecule has 7 nitrogen and oxygen atoms in total. The van der Waals surface area contributed by atoms with Crippen molar-refractivity contribution in [3.63, 3.8) is 0 Å². The Morgan fingerprint density at radius 3 is 2.55 bits per heavy atom. The lowest BCUT2D eigenvalue weighted by Gasteiger charge is -2.31. The highest BCUT2D eigenvalue weighted by atomic mass is 16.5. The number of H-pyrrole nitrogens is 1. The lowest BCUT2D eigenvalue weighted by molar-refractivity contribution is -0.150. The van der Waals surface area contributed by atoms with Gasteiger partial charge in [-0.2, -0.15) is 0 Å². The van der Waals surface area contributed by atoms with Crippen LogP contribution in [0.25, 0.3) is 11.0 Å². The Morgan fingerprint density at radius 2 is 1.77 bits per heavy atom. The Bertz CT molecular complexity index is 1140. The van der Waals surface area contributed by atoms with Crippen molar-refractivity contribution >= 4 is 22.9 Å². The van der Waals surface area contributed by atoms with Crippen LogP contribution < -0.4 is 5.69 Å². The summed E-state index contributed by atoms with van der Waals surface area (Å²) < 4.78 is 7.13. The Labute approximate surface area is 180 Å². The van der Waals surface area contributed by atoms with Gasteiger partial charge >= 0.3 is 11.7 Å². The molecule has 0 atom stereocenters. The van der Waals surface area contributed by atoms with Crippen molar-refractivity contribution in [2.75, 3.05) is 19.7 Å². The lowest BCUT2D eigenvalue weighted by atomic mass is 9.96. The fourth-order valence-corrected chi connectivity index (χ4v) is 4.14. The van der Waals surface area contributed by atoms with Gasteiger partial charge in [0.1, 0.15) is 0 Å². The van der Waals surface area contributed by atoms with E-state index in [1.807, 2.05) is 60.4 Å². The Morgan fingerprint density at radius 1 is 1.06 bits per heavy atom. The molecule has 4 rings (SSSR count). The fourth-order valence-electron chi connectivity index (χ4n) is 4.14. The number of amides is 1. The van der Waals surface area contributed by atoms with Crippen molar-refractivity contribution in [3.8, 4) is 0 Å². The standard InChI is InChI=1S/C24H27N3O4/c1-17-7-2-3-8-19(17)22(28)26-14-11-18(12-15-26)23(29)31-16-6-13-27-21-10-5-4-9-20(21)25-24(27)30/h2-5,7-10,18H,6,11-16H2,1H3,(H,25,30). The average Bonchev–Trinajstić information content (AvgIpc) is 3.11. The van der Waals surface area contributed by atoms with Gasteiger partial charge in [0.15, 0.2) is 0 Å². The molecule has 1 N–H and O–H groups in total. The smallest absolute Gasteiger partial charge is 0.326 e. The molecule has 162 valence electrons. The molecule has 3 aromatic rings. The van der Waals surface area contributed by atoms with Gasteiger partial charge < -0.3 is 14.6 Å². The number of hydrogen-bond acceptors (Lipinski definition) is 4. The molecule has 2 heterocycles. The first kappa shape index (κ1) is 20.9. The van der Waals surface area contributed by atoms with Crippen LogP contribution in [0.5, 0.6) is 0 Å². The van der Waals surface area contributed by atoms with E-state index in [0.29, 0.717) is 38.9 Å². The van der Waals surface area contributed by atoms with E-state index in [4.69, 9.17) is 4.74 Å². The third-order valence-electron chi connectivity index (χ3n) is 5.94. The maximum absolute atomic E-state index is 12.7. The first-order valence-electron chi connectivity index (χ1n) is 10.7. The summed E-state index contributed by atoms with van der Waals surface area (Å²) in [7, 11) is 0. The number of likely N-dealkylation sites (tertiary alicyclic amines) is 1. The van der Waals surface area contributed by atoms with Gasteiger partial charge in [-0.25, -0.2) is 4.79 Å². The zero-order valence-electron chi connectivity index (χ0n) is 17.7. The van der Waals surface area contributed by atoms with Crippen LogP contribution in [0.3, 0.4) is 0 Å². The number of ether oxygens (including phenoxy) is 1. The molecule has 31 heavy (non-hydrogen) atoms. The summed E-state index contributed by atoms with van der Waals surface area (Å²) in [6, 6.07) is 15.1. The SMILES string of the molecule is Cc1ccccc1C(=O)N1CCC(C(=O)OCCCn2c(=O)[nH]c3ccccc32)CC1. The molecule has 0 radical (unpaired) electrons. The predicted octanol–water partition coefficient (Wildman–Crippen LogP) is 3.12. The molecule has 1 aliphatic rings. The highest BCUT2D eigenvalue weighted by Crippen LogP contribution is 2.21. The zero-order valence-corrected chi connectivity index (χ0v) is 17.7. The zero-order chi connectivity index (χ0) is 21.8. The molecule has 0 spiro atoms.